The van der Waals surface area contributed by atoms with Gasteiger partial charge < -0.3 is 0 Å². The van der Waals surface area contributed by atoms with E-state index < -0.39 is 0 Å². The number of hydrogen-bond acceptors (Lipinski definition) is 3. The Morgan fingerprint density at radius 2 is 2.42 bits per heavy atom. The van der Waals surface area contributed by atoms with Crippen LogP contribution in [0.15, 0.2) is 5.38 Å². The second kappa shape index (κ2) is 3.15. The molecule has 1 saturated carbocycles. The van der Waals surface area contributed by atoms with Crippen molar-refractivity contribution in [3.05, 3.63) is 16.1 Å². The summed E-state index contributed by atoms with van der Waals surface area (Å²) >= 11 is 1.77. The minimum absolute atomic E-state index is 0.842. The van der Waals surface area contributed by atoms with Crippen molar-refractivity contribution < 1.29 is 0 Å². The first-order valence-electron chi connectivity index (χ1n) is 4.37. The molecule has 1 aromatic heterocycles. The van der Waals surface area contributed by atoms with E-state index in [-0.39, 0.29) is 0 Å². The highest BCUT2D eigenvalue weighted by Gasteiger charge is 2.26. The first kappa shape index (κ1) is 8.20. The molecule has 0 unspecified atom stereocenters. The molecule has 0 saturated heterocycles. The summed E-state index contributed by atoms with van der Waals surface area (Å²) in [4.78, 5) is 6.84. The predicted molar refractivity (Wildman–Crippen MR) is 51.3 cm³/mol. The fourth-order valence-electron chi connectivity index (χ4n) is 1.33. The summed E-state index contributed by atoms with van der Waals surface area (Å²) in [6.45, 7) is 3.08. The van der Waals surface area contributed by atoms with E-state index in [9.17, 15) is 0 Å². The Labute approximate surface area is 77.2 Å². The third kappa shape index (κ3) is 1.84. The van der Waals surface area contributed by atoms with Gasteiger partial charge in [0.25, 0.3) is 0 Å². The second-order valence-electron chi connectivity index (χ2n) is 3.53. The Morgan fingerprint density at radius 1 is 1.67 bits per heavy atom. The van der Waals surface area contributed by atoms with Gasteiger partial charge in [-0.3, -0.25) is 4.90 Å². The van der Waals surface area contributed by atoms with Crippen LogP contribution in [-0.2, 0) is 6.54 Å². The molecular formula is C9H14N2S. The normalized spacial score (nSPS) is 17.2. The van der Waals surface area contributed by atoms with Gasteiger partial charge in [-0.2, -0.15) is 0 Å². The second-order valence-corrected chi connectivity index (χ2v) is 4.47. The zero-order valence-electron chi connectivity index (χ0n) is 7.58. The van der Waals surface area contributed by atoms with Crippen molar-refractivity contribution in [2.24, 2.45) is 0 Å². The van der Waals surface area contributed by atoms with Crippen molar-refractivity contribution in [1.29, 1.82) is 0 Å². The molecule has 2 rings (SSSR count). The Kier molecular flexibility index (Phi) is 2.15. The topological polar surface area (TPSA) is 16.1 Å². The molecule has 1 aromatic rings. The van der Waals surface area contributed by atoms with Crippen molar-refractivity contribution in [3.63, 3.8) is 0 Å². The molecule has 1 aliphatic rings. The van der Waals surface area contributed by atoms with Gasteiger partial charge in [0.1, 0.15) is 5.01 Å². The van der Waals surface area contributed by atoms with Gasteiger partial charge in [0.2, 0.25) is 0 Å². The van der Waals surface area contributed by atoms with Crippen molar-refractivity contribution in [2.75, 3.05) is 7.05 Å². The molecule has 1 heterocycles. The molecule has 1 aliphatic carbocycles. The summed E-state index contributed by atoms with van der Waals surface area (Å²) in [5.74, 6) is 0. The van der Waals surface area contributed by atoms with Gasteiger partial charge in [0.15, 0.2) is 0 Å². The van der Waals surface area contributed by atoms with E-state index in [1.807, 2.05) is 0 Å². The lowest BCUT2D eigenvalue weighted by atomic mass is 10.5. The average Bonchev–Trinajstić information content (AvgIpc) is 2.78. The highest BCUT2D eigenvalue weighted by molar-refractivity contribution is 7.09. The molecule has 2 nitrogen and oxygen atoms in total. The molecule has 0 amide bonds. The van der Waals surface area contributed by atoms with Gasteiger partial charge in [-0.15, -0.1) is 11.3 Å². The molecule has 0 radical (unpaired) electrons. The highest BCUT2D eigenvalue weighted by atomic mass is 32.1. The molecule has 0 aromatic carbocycles. The van der Waals surface area contributed by atoms with Crippen LogP contribution in [0.4, 0.5) is 0 Å². The molecule has 3 heteroatoms. The highest BCUT2D eigenvalue weighted by Crippen LogP contribution is 2.27. The van der Waals surface area contributed by atoms with Crippen LogP contribution < -0.4 is 0 Å². The average molecular weight is 182 g/mol. The molecule has 0 aliphatic heterocycles. The molecule has 0 bridgehead atoms. The standard InChI is InChI=1S/C9H14N2S/c1-7-6-12-9(10-7)5-11(2)8-3-4-8/h6,8H,3-5H2,1-2H3. The van der Waals surface area contributed by atoms with Gasteiger partial charge in [-0.1, -0.05) is 0 Å². The van der Waals surface area contributed by atoms with Crippen LogP contribution >= 0.6 is 11.3 Å². The summed E-state index contributed by atoms with van der Waals surface area (Å²) in [5, 5.41) is 3.37. The van der Waals surface area contributed by atoms with E-state index in [0.29, 0.717) is 0 Å². The third-order valence-electron chi connectivity index (χ3n) is 2.22. The number of nitrogens with zero attached hydrogens (tertiary/aromatic N) is 2. The Morgan fingerprint density at radius 3 is 2.92 bits per heavy atom. The smallest absolute Gasteiger partial charge is 0.107 e. The maximum atomic E-state index is 4.44. The minimum atomic E-state index is 0.842. The van der Waals surface area contributed by atoms with Crippen LogP contribution in [0.5, 0.6) is 0 Å². The monoisotopic (exact) mass is 182 g/mol. The van der Waals surface area contributed by atoms with E-state index in [4.69, 9.17) is 0 Å². The summed E-state index contributed by atoms with van der Waals surface area (Å²) in [6, 6.07) is 0.842. The lowest BCUT2D eigenvalue weighted by Gasteiger charge is -2.12. The van der Waals surface area contributed by atoms with Gasteiger partial charge in [0, 0.05) is 17.1 Å². The number of aromatic nitrogens is 1. The van der Waals surface area contributed by atoms with Crippen LogP contribution in [0.25, 0.3) is 0 Å². The first-order valence-corrected chi connectivity index (χ1v) is 5.25. The van der Waals surface area contributed by atoms with E-state index >= 15 is 0 Å². The predicted octanol–water partition coefficient (Wildman–Crippen LogP) is 2.05. The van der Waals surface area contributed by atoms with E-state index in [0.717, 1.165) is 18.3 Å². The van der Waals surface area contributed by atoms with Crippen molar-refractivity contribution in [1.82, 2.24) is 9.88 Å². The number of rotatable bonds is 3. The third-order valence-corrected chi connectivity index (χ3v) is 3.17. The van der Waals surface area contributed by atoms with Crippen LogP contribution in [0.2, 0.25) is 0 Å². The van der Waals surface area contributed by atoms with Crippen LogP contribution in [0, 0.1) is 6.92 Å². The van der Waals surface area contributed by atoms with E-state index in [2.05, 4.69) is 29.2 Å². The minimum Gasteiger partial charge on any atom is -0.297 e. The Bertz CT molecular complexity index is 265. The fraction of sp³-hybridized carbons (Fsp3) is 0.667. The molecule has 0 atom stereocenters. The maximum Gasteiger partial charge on any atom is 0.107 e. The molecule has 0 spiro atoms. The lowest BCUT2D eigenvalue weighted by molar-refractivity contribution is 0.316. The quantitative estimate of drug-likeness (QED) is 0.711. The summed E-state index contributed by atoms with van der Waals surface area (Å²) in [5.41, 5.74) is 1.15. The van der Waals surface area contributed by atoms with Crippen LogP contribution in [-0.4, -0.2) is 23.0 Å². The molecule has 12 heavy (non-hydrogen) atoms. The maximum absolute atomic E-state index is 4.44. The van der Waals surface area contributed by atoms with Crippen molar-refractivity contribution in [3.8, 4) is 0 Å². The Hall–Kier alpha value is -0.410. The lowest BCUT2D eigenvalue weighted by Crippen LogP contribution is -2.19. The molecule has 0 N–H and O–H groups in total. The van der Waals surface area contributed by atoms with Crippen molar-refractivity contribution >= 4 is 11.3 Å². The molecule has 1 fully saturated rings. The van der Waals surface area contributed by atoms with Gasteiger partial charge in [-0.25, -0.2) is 4.98 Å². The van der Waals surface area contributed by atoms with Crippen molar-refractivity contribution in [2.45, 2.75) is 32.4 Å². The number of thiazole rings is 1. The van der Waals surface area contributed by atoms with Gasteiger partial charge in [-0.05, 0) is 26.8 Å². The van der Waals surface area contributed by atoms with E-state index in [1.165, 1.54) is 17.8 Å². The summed E-state index contributed by atoms with van der Waals surface area (Å²) in [7, 11) is 2.19. The molecule has 66 valence electrons. The zero-order valence-corrected chi connectivity index (χ0v) is 8.40. The van der Waals surface area contributed by atoms with Crippen LogP contribution in [0.1, 0.15) is 23.5 Å². The summed E-state index contributed by atoms with van der Waals surface area (Å²) < 4.78 is 0. The number of hydrogen-bond donors (Lipinski definition) is 0. The zero-order chi connectivity index (χ0) is 8.55. The molecular weight excluding hydrogens is 168 g/mol. The Balaban J connectivity index is 1.93. The SMILES string of the molecule is Cc1csc(CN(C)C2CC2)n1. The first-order chi connectivity index (χ1) is 5.75. The number of aryl methyl sites for hydroxylation is 1. The van der Waals surface area contributed by atoms with Gasteiger partial charge in [0.05, 0.1) is 6.54 Å². The fourth-order valence-corrected chi connectivity index (χ4v) is 2.17. The summed E-state index contributed by atoms with van der Waals surface area (Å²) in [6.07, 6.45) is 2.75. The van der Waals surface area contributed by atoms with Crippen LogP contribution in [0.3, 0.4) is 0 Å². The largest absolute Gasteiger partial charge is 0.297 e. The van der Waals surface area contributed by atoms with E-state index in [1.54, 1.807) is 11.3 Å². The van der Waals surface area contributed by atoms with Gasteiger partial charge >= 0.3 is 0 Å².